The first kappa shape index (κ1) is 13.1. The van der Waals surface area contributed by atoms with Crippen LogP contribution in [0.1, 0.15) is 19.7 Å². The predicted molar refractivity (Wildman–Crippen MR) is 61.0 cm³/mol. The van der Waals surface area contributed by atoms with Gasteiger partial charge < -0.3 is 10.1 Å². The molecule has 0 fully saturated rings. The van der Waals surface area contributed by atoms with Crippen LogP contribution in [-0.2, 0) is 18.2 Å². The summed E-state index contributed by atoms with van der Waals surface area (Å²) >= 11 is 0. The molecule has 6 heteroatoms. The van der Waals surface area contributed by atoms with Gasteiger partial charge >= 0.3 is 0 Å². The molecular formula is C10H21N5O. The zero-order valence-corrected chi connectivity index (χ0v) is 10.5. The molecule has 6 nitrogen and oxygen atoms in total. The summed E-state index contributed by atoms with van der Waals surface area (Å²) < 4.78 is 4.99. The lowest BCUT2D eigenvalue weighted by Gasteiger charge is -2.19. The molecule has 0 spiro atoms. The van der Waals surface area contributed by atoms with Crippen molar-refractivity contribution in [3.63, 3.8) is 0 Å². The number of aromatic nitrogens is 4. The molecule has 0 saturated carbocycles. The van der Waals surface area contributed by atoms with Crippen LogP contribution in [0.2, 0.25) is 0 Å². The molecule has 0 aliphatic heterocycles. The quantitative estimate of drug-likeness (QED) is 0.665. The van der Waals surface area contributed by atoms with Crippen LogP contribution in [0.15, 0.2) is 0 Å². The lowest BCUT2D eigenvalue weighted by Crippen LogP contribution is -2.35. The molecule has 2 unspecified atom stereocenters. The third-order valence-electron chi connectivity index (χ3n) is 2.68. The highest BCUT2D eigenvalue weighted by molar-refractivity contribution is 4.83. The Balaban J connectivity index is 2.30. The Kier molecular flexibility index (Phi) is 5.34. The van der Waals surface area contributed by atoms with Crippen molar-refractivity contribution in [3.8, 4) is 0 Å². The van der Waals surface area contributed by atoms with Crippen molar-refractivity contribution in [3.05, 3.63) is 5.82 Å². The Morgan fingerprint density at radius 2 is 2.19 bits per heavy atom. The summed E-state index contributed by atoms with van der Waals surface area (Å²) in [5.41, 5.74) is 0. The average Bonchev–Trinajstić information content (AvgIpc) is 2.64. The molecule has 0 radical (unpaired) electrons. The van der Waals surface area contributed by atoms with Crippen molar-refractivity contribution in [1.29, 1.82) is 0 Å². The van der Waals surface area contributed by atoms with Gasteiger partial charge in [-0.25, -0.2) is 0 Å². The van der Waals surface area contributed by atoms with Gasteiger partial charge in [-0.2, -0.15) is 4.80 Å². The Morgan fingerprint density at radius 3 is 2.75 bits per heavy atom. The molecule has 0 aliphatic rings. The van der Waals surface area contributed by atoms with Gasteiger partial charge in [-0.1, -0.05) is 6.92 Å². The lowest BCUT2D eigenvalue weighted by molar-refractivity contribution is 0.192. The number of nitrogens with zero attached hydrogens (tertiary/aromatic N) is 4. The maximum atomic E-state index is 4.99. The summed E-state index contributed by atoms with van der Waals surface area (Å²) in [6.45, 7) is 5.95. The predicted octanol–water partition coefficient (Wildman–Crippen LogP) is 0.0132. The van der Waals surface area contributed by atoms with E-state index in [-0.39, 0.29) is 0 Å². The molecule has 1 heterocycles. The molecule has 2 atom stereocenters. The van der Waals surface area contributed by atoms with Crippen LogP contribution in [0.4, 0.5) is 0 Å². The molecule has 16 heavy (non-hydrogen) atoms. The van der Waals surface area contributed by atoms with E-state index < -0.39 is 0 Å². The monoisotopic (exact) mass is 227 g/mol. The fraction of sp³-hybridized carbons (Fsp3) is 0.900. The number of rotatable bonds is 7. The van der Waals surface area contributed by atoms with Crippen LogP contribution in [0, 0.1) is 5.92 Å². The van der Waals surface area contributed by atoms with E-state index in [2.05, 4.69) is 34.6 Å². The number of hydrogen-bond donors (Lipinski definition) is 1. The molecule has 0 amide bonds. The second-order valence-electron chi connectivity index (χ2n) is 4.11. The Labute approximate surface area is 96.4 Å². The second kappa shape index (κ2) is 6.55. The highest BCUT2D eigenvalue weighted by Gasteiger charge is 2.14. The molecule has 1 aromatic heterocycles. The normalized spacial score (nSPS) is 15.0. The minimum atomic E-state index is 0.416. The first-order valence-electron chi connectivity index (χ1n) is 5.58. The Hall–Kier alpha value is -1.01. The van der Waals surface area contributed by atoms with E-state index >= 15 is 0 Å². The van der Waals surface area contributed by atoms with Crippen molar-refractivity contribution >= 4 is 0 Å². The molecule has 1 N–H and O–H groups in total. The van der Waals surface area contributed by atoms with Crippen molar-refractivity contribution < 1.29 is 4.74 Å². The average molecular weight is 227 g/mol. The third kappa shape index (κ3) is 4.24. The summed E-state index contributed by atoms with van der Waals surface area (Å²) in [5.74, 6) is 1.27. The van der Waals surface area contributed by atoms with Crippen LogP contribution >= 0.6 is 0 Å². The zero-order valence-electron chi connectivity index (χ0n) is 10.5. The van der Waals surface area contributed by atoms with E-state index in [1.54, 1.807) is 14.2 Å². The van der Waals surface area contributed by atoms with Crippen LogP contribution < -0.4 is 5.32 Å². The third-order valence-corrected chi connectivity index (χ3v) is 2.68. The van der Waals surface area contributed by atoms with Gasteiger partial charge in [0.15, 0.2) is 5.82 Å². The lowest BCUT2D eigenvalue weighted by atomic mass is 9.99. The fourth-order valence-electron chi connectivity index (χ4n) is 1.46. The largest absolute Gasteiger partial charge is 0.383 e. The summed E-state index contributed by atoms with van der Waals surface area (Å²) in [4.78, 5) is 1.49. The first-order chi connectivity index (χ1) is 7.63. The Bertz CT molecular complexity index is 301. The van der Waals surface area contributed by atoms with E-state index in [0.29, 0.717) is 12.0 Å². The number of tetrazole rings is 1. The molecule has 92 valence electrons. The standard InChI is InChI=1S/C10H21N5O/c1-8(9(2)11-5-6-16-4)7-10-12-14-15(3)13-10/h8-9,11H,5-7H2,1-4H3. The number of methoxy groups -OCH3 is 1. The van der Waals surface area contributed by atoms with E-state index in [0.717, 1.165) is 25.4 Å². The molecule has 0 aliphatic carbocycles. The summed E-state index contributed by atoms with van der Waals surface area (Å²) in [6.07, 6.45) is 0.842. The molecule has 0 saturated heterocycles. The molecular weight excluding hydrogens is 206 g/mol. The molecule has 1 aromatic rings. The highest BCUT2D eigenvalue weighted by atomic mass is 16.5. The highest BCUT2D eigenvalue weighted by Crippen LogP contribution is 2.07. The van der Waals surface area contributed by atoms with Crippen molar-refractivity contribution in [1.82, 2.24) is 25.5 Å². The van der Waals surface area contributed by atoms with Gasteiger partial charge in [0.2, 0.25) is 0 Å². The minimum Gasteiger partial charge on any atom is -0.383 e. The number of ether oxygens (including phenoxy) is 1. The van der Waals surface area contributed by atoms with Gasteiger partial charge in [-0.3, -0.25) is 0 Å². The van der Waals surface area contributed by atoms with Crippen molar-refractivity contribution in [2.45, 2.75) is 26.3 Å². The van der Waals surface area contributed by atoms with Gasteiger partial charge in [0.05, 0.1) is 13.7 Å². The smallest absolute Gasteiger partial charge is 0.175 e. The zero-order chi connectivity index (χ0) is 12.0. The van der Waals surface area contributed by atoms with E-state index in [4.69, 9.17) is 4.74 Å². The summed E-state index contributed by atoms with van der Waals surface area (Å²) in [6, 6.07) is 0.416. The second-order valence-corrected chi connectivity index (χ2v) is 4.11. The topological polar surface area (TPSA) is 64.9 Å². The van der Waals surface area contributed by atoms with Crippen LogP contribution in [-0.4, -0.2) is 46.5 Å². The maximum Gasteiger partial charge on any atom is 0.175 e. The fourth-order valence-corrected chi connectivity index (χ4v) is 1.46. The van der Waals surface area contributed by atoms with Crippen LogP contribution in [0.5, 0.6) is 0 Å². The number of aryl methyl sites for hydroxylation is 1. The van der Waals surface area contributed by atoms with Gasteiger partial charge in [-0.05, 0) is 18.1 Å². The van der Waals surface area contributed by atoms with E-state index in [9.17, 15) is 0 Å². The SMILES string of the molecule is COCCNC(C)C(C)Cc1nnn(C)n1. The van der Waals surface area contributed by atoms with Gasteiger partial charge in [0.25, 0.3) is 0 Å². The molecule has 1 rings (SSSR count). The molecule has 0 bridgehead atoms. The maximum absolute atomic E-state index is 4.99. The minimum absolute atomic E-state index is 0.416. The van der Waals surface area contributed by atoms with Crippen molar-refractivity contribution in [2.75, 3.05) is 20.3 Å². The summed E-state index contributed by atoms with van der Waals surface area (Å²) in [5, 5.41) is 15.4. The summed E-state index contributed by atoms with van der Waals surface area (Å²) in [7, 11) is 3.49. The molecule has 0 aromatic carbocycles. The van der Waals surface area contributed by atoms with Crippen LogP contribution in [0.25, 0.3) is 0 Å². The van der Waals surface area contributed by atoms with Gasteiger partial charge in [-0.15, -0.1) is 10.2 Å². The van der Waals surface area contributed by atoms with Crippen molar-refractivity contribution in [2.24, 2.45) is 13.0 Å². The van der Waals surface area contributed by atoms with E-state index in [1.807, 2.05) is 0 Å². The van der Waals surface area contributed by atoms with Gasteiger partial charge in [0.1, 0.15) is 0 Å². The van der Waals surface area contributed by atoms with E-state index in [1.165, 1.54) is 4.80 Å². The number of nitrogens with one attached hydrogen (secondary N) is 1. The van der Waals surface area contributed by atoms with Gasteiger partial charge in [0, 0.05) is 26.1 Å². The Morgan fingerprint density at radius 1 is 1.44 bits per heavy atom. The first-order valence-corrected chi connectivity index (χ1v) is 5.58. The van der Waals surface area contributed by atoms with Crippen LogP contribution in [0.3, 0.4) is 0 Å². The number of hydrogen-bond acceptors (Lipinski definition) is 5.